The van der Waals surface area contributed by atoms with Crippen LogP contribution in [0.2, 0.25) is 0 Å². The number of thiophene rings is 1. The van der Waals surface area contributed by atoms with Crippen LogP contribution in [0.4, 0.5) is 0 Å². The number of fused-ring (bicyclic) bond motifs is 1. The Morgan fingerprint density at radius 1 is 1.10 bits per heavy atom. The first kappa shape index (κ1) is 28.1. The number of nitriles is 1. The Bertz CT molecular complexity index is 1950. The highest BCUT2D eigenvalue weighted by molar-refractivity contribution is 7.14. The van der Waals surface area contributed by atoms with Crippen LogP contribution in [-0.2, 0) is 0 Å². The standard InChI is InChI=1S/C33H33N5O2S/c1-18(2)26-15-27(19(3)13-30(26)40-8)31-36-29-12-10-9-11-25(29)32(39)38(31)35-17-24-14-20(4)37(22(24)6)33-28(16-34)21(5)23(7)41-33/h9-15,17-18H,1-8H3. The third-order valence-electron chi connectivity index (χ3n) is 7.66. The Labute approximate surface area is 244 Å². The van der Waals surface area contributed by atoms with Gasteiger partial charge in [0, 0.05) is 27.4 Å². The van der Waals surface area contributed by atoms with Crippen molar-refractivity contribution in [1.82, 2.24) is 14.2 Å². The summed E-state index contributed by atoms with van der Waals surface area (Å²) in [5.41, 5.74) is 7.63. The van der Waals surface area contributed by atoms with Crippen molar-refractivity contribution in [2.45, 2.75) is 54.4 Å². The molecule has 208 valence electrons. The molecule has 0 aliphatic carbocycles. The van der Waals surface area contributed by atoms with E-state index in [-0.39, 0.29) is 11.5 Å². The second kappa shape index (κ2) is 10.8. The van der Waals surface area contributed by atoms with Crippen LogP contribution in [0.1, 0.15) is 63.8 Å². The lowest BCUT2D eigenvalue weighted by atomic mass is 9.96. The highest BCUT2D eigenvalue weighted by Crippen LogP contribution is 2.35. The van der Waals surface area contributed by atoms with Crippen molar-refractivity contribution in [3.05, 3.63) is 96.9 Å². The zero-order valence-corrected chi connectivity index (χ0v) is 25.5. The number of benzene rings is 2. The third-order valence-corrected chi connectivity index (χ3v) is 8.85. The normalized spacial score (nSPS) is 11.6. The molecule has 2 aromatic carbocycles. The van der Waals surface area contributed by atoms with E-state index in [0.29, 0.717) is 22.3 Å². The zero-order valence-electron chi connectivity index (χ0n) is 24.7. The zero-order chi connectivity index (χ0) is 29.6. The monoisotopic (exact) mass is 563 g/mol. The predicted octanol–water partition coefficient (Wildman–Crippen LogP) is 7.34. The van der Waals surface area contributed by atoms with E-state index in [9.17, 15) is 10.1 Å². The molecule has 0 aliphatic heterocycles. The number of ether oxygens (including phenoxy) is 1. The lowest BCUT2D eigenvalue weighted by Crippen LogP contribution is -2.21. The van der Waals surface area contributed by atoms with E-state index in [1.807, 2.05) is 65.0 Å². The van der Waals surface area contributed by atoms with Crippen LogP contribution in [0.15, 0.2) is 52.4 Å². The Hall–Kier alpha value is -4.48. The van der Waals surface area contributed by atoms with Gasteiger partial charge in [0.05, 0.1) is 29.8 Å². The number of aromatic nitrogens is 3. The number of hydrogen-bond acceptors (Lipinski definition) is 6. The van der Waals surface area contributed by atoms with Gasteiger partial charge in [-0.15, -0.1) is 11.3 Å². The van der Waals surface area contributed by atoms with Crippen molar-refractivity contribution >= 4 is 28.5 Å². The first-order valence-corrected chi connectivity index (χ1v) is 14.3. The molecular formula is C33H33N5O2S. The summed E-state index contributed by atoms with van der Waals surface area (Å²) in [4.78, 5) is 19.9. The van der Waals surface area contributed by atoms with E-state index < -0.39 is 0 Å². The van der Waals surface area contributed by atoms with Gasteiger partial charge in [0.15, 0.2) is 5.82 Å². The molecule has 8 heteroatoms. The molecule has 5 aromatic rings. The molecule has 5 rings (SSSR count). The molecule has 41 heavy (non-hydrogen) atoms. The fourth-order valence-corrected chi connectivity index (χ4v) is 6.44. The number of methoxy groups -OCH3 is 1. The average molecular weight is 564 g/mol. The summed E-state index contributed by atoms with van der Waals surface area (Å²) >= 11 is 1.61. The molecule has 0 radical (unpaired) electrons. The van der Waals surface area contributed by atoms with Gasteiger partial charge in [-0.25, -0.2) is 4.98 Å². The number of rotatable bonds is 6. The lowest BCUT2D eigenvalue weighted by Gasteiger charge is -2.17. The van der Waals surface area contributed by atoms with Gasteiger partial charge >= 0.3 is 0 Å². The lowest BCUT2D eigenvalue weighted by molar-refractivity contribution is 0.407. The number of nitrogens with zero attached hydrogens (tertiary/aromatic N) is 5. The van der Waals surface area contributed by atoms with Crippen LogP contribution in [0.25, 0.3) is 27.3 Å². The van der Waals surface area contributed by atoms with E-state index in [1.54, 1.807) is 30.7 Å². The maximum Gasteiger partial charge on any atom is 0.282 e. The van der Waals surface area contributed by atoms with Gasteiger partial charge in [-0.05, 0) is 87.6 Å². The van der Waals surface area contributed by atoms with Crippen molar-refractivity contribution in [3.63, 3.8) is 0 Å². The molecule has 0 saturated heterocycles. The molecule has 0 amide bonds. The Morgan fingerprint density at radius 2 is 1.83 bits per heavy atom. The molecule has 0 saturated carbocycles. The fraction of sp³-hybridized carbons (Fsp3) is 0.273. The number of hydrogen-bond donors (Lipinski definition) is 0. The first-order valence-electron chi connectivity index (χ1n) is 13.5. The third kappa shape index (κ3) is 4.76. The predicted molar refractivity (Wildman–Crippen MR) is 167 cm³/mol. The van der Waals surface area contributed by atoms with E-state index in [2.05, 4.69) is 30.6 Å². The summed E-state index contributed by atoms with van der Waals surface area (Å²) in [5.74, 6) is 1.49. The van der Waals surface area contributed by atoms with Crippen molar-refractivity contribution in [2.75, 3.05) is 7.11 Å². The van der Waals surface area contributed by atoms with Crippen LogP contribution >= 0.6 is 11.3 Å². The van der Waals surface area contributed by atoms with Gasteiger partial charge in [0.25, 0.3) is 5.56 Å². The molecule has 0 atom stereocenters. The van der Waals surface area contributed by atoms with Gasteiger partial charge in [-0.2, -0.15) is 15.0 Å². The van der Waals surface area contributed by atoms with Crippen LogP contribution in [0.5, 0.6) is 5.75 Å². The second-order valence-electron chi connectivity index (χ2n) is 10.6. The minimum Gasteiger partial charge on any atom is -0.496 e. The highest BCUT2D eigenvalue weighted by Gasteiger charge is 2.20. The summed E-state index contributed by atoms with van der Waals surface area (Å²) in [6.07, 6.45) is 1.71. The van der Waals surface area contributed by atoms with Crippen LogP contribution in [-0.4, -0.2) is 27.6 Å². The fourth-order valence-electron chi connectivity index (χ4n) is 5.22. The van der Waals surface area contributed by atoms with E-state index in [0.717, 1.165) is 54.8 Å². The maximum absolute atomic E-state index is 13.8. The van der Waals surface area contributed by atoms with Crippen molar-refractivity contribution in [2.24, 2.45) is 5.10 Å². The Morgan fingerprint density at radius 3 is 2.51 bits per heavy atom. The minimum absolute atomic E-state index is 0.210. The second-order valence-corrected chi connectivity index (χ2v) is 11.8. The summed E-state index contributed by atoms with van der Waals surface area (Å²) in [7, 11) is 1.67. The van der Waals surface area contributed by atoms with Crippen molar-refractivity contribution < 1.29 is 4.74 Å². The van der Waals surface area contributed by atoms with Crippen LogP contribution in [0.3, 0.4) is 0 Å². The first-order chi connectivity index (χ1) is 19.6. The molecule has 0 bridgehead atoms. The van der Waals surface area contributed by atoms with E-state index >= 15 is 0 Å². The molecular weight excluding hydrogens is 530 g/mol. The summed E-state index contributed by atoms with van der Waals surface area (Å²) in [6.45, 7) is 14.2. The number of aryl methyl sites for hydroxylation is 3. The van der Waals surface area contributed by atoms with Gasteiger partial charge < -0.3 is 9.30 Å². The van der Waals surface area contributed by atoms with E-state index in [1.165, 1.54) is 4.68 Å². The molecule has 0 N–H and O–H groups in total. The maximum atomic E-state index is 13.8. The van der Waals surface area contributed by atoms with E-state index in [4.69, 9.17) is 14.8 Å². The topological polar surface area (TPSA) is 85.2 Å². The number of para-hydroxylation sites is 1. The molecule has 0 aliphatic rings. The summed E-state index contributed by atoms with van der Waals surface area (Å²) in [6, 6.07) is 15.8. The van der Waals surface area contributed by atoms with Gasteiger partial charge in [-0.1, -0.05) is 26.0 Å². The minimum atomic E-state index is -0.242. The molecule has 3 heterocycles. The van der Waals surface area contributed by atoms with Gasteiger partial charge in [0.1, 0.15) is 16.8 Å². The molecule has 0 fully saturated rings. The Kier molecular flexibility index (Phi) is 7.41. The quantitative estimate of drug-likeness (QED) is 0.202. The van der Waals surface area contributed by atoms with Crippen molar-refractivity contribution in [1.29, 1.82) is 5.26 Å². The van der Waals surface area contributed by atoms with Gasteiger partial charge in [-0.3, -0.25) is 4.79 Å². The molecule has 7 nitrogen and oxygen atoms in total. The molecule has 3 aromatic heterocycles. The SMILES string of the molecule is COc1cc(C)c(-c2nc3ccccc3c(=O)n2N=Cc2cc(C)n(-c3sc(C)c(C)c3C#N)c2C)cc1C(C)C. The molecule has 0 spiro atoms. The van der Waals surface area contributed by atoms with Gasteiger partial charge in [0.2, 0.25) is 0 Å². The summed E-state index contributed by atoms with van der Waals surface area (Å²) in [5, 5.41) is 16.0. The summed E-state index contributed by atoms with van der Waals surface area (Å²) < 4.78 is 9.15. The van der Waals surface area contributed by atoms with Crippen LogP contribution < -0.4 is 10.3 Å². The molecule has 0 unspecified atom stereocenters. The highest BCUT2D eigenvalue weighted by atomic mass is 32.1. The Balaban J connectivity index is 1.72. The smallest absolute Gasteiger partial charge is 0.282 e. The largest absolute Gasteiger partial charge is 0.496 e. The average Bonchev–Trinajstić information content (AvgIpc) is 3.39. The van der Waals surface area contributed by atoms with Crippen molar-refractivity contribution in [3.8, 4) is 28.2 Å². The van der Waals surface area contributed by atoms with Crippen LogP contribution in [0, 0.1) is 45.9 Å².